The minimum Gasteiger partial charge on any atom is -0.475 e. The maximum atomic E-state index is 11.6. The van der Waals surface area contributed by atoms with Gasteiger partial charge in [0.15, 0.2) is 0 Å². The third-order valence-corrected chi connectivity index (χ3v) is 3.15. The molecule has 2 unspecified atom stereocenters. The van der Waals surface area contributed by atoms with Gasteiger partial charge in [-0.1, -0.05) is 20.3 Å². The maximum Gasteiger partial charge on any atom is 0.371 e. The molecule has 6 heteroatoms. The molecule has 0 aromatic carbocycles. The quantitative estimate of drug-likeness (QED) is 0.737. The molecule has 1 heterocycles. The van der Waals surface area contributed by atoms with Gasteiger partial charge in [0.2, 0.25) is 5.76 Å². The molecule has 0 bridgehead atoms. The van der Waals surface area contributed by atoms with Crippen molar-refractivity contribution in [1.82, 2.24) is 10.6 Å². The molecule has 0 radical (unpaired) electrons. The predicted octanol–water partition coefficient (Wildman–Crippen LogP) is 2.21. The number of aromatic carboxylic acids is 1. The van der Waals surface area contributed by atoms with Crippen LogP contribution in [0.3, 0.4) is 0 Å². The Balaban J connectivity index is 2.39. The van der Waals surface area contributed by atoms with Gasteiger partial charge in [0.1, 0.15) is 5.76 Å². The van der Waals surface area contributed by atoms with Crippen LogP contribution in [0.25, 0.3) is 0 Å². The summed E-state index contributed by atoms with van der Waals surface area (Å²) in [4.78, 5) is 22.2. The zero-order valence-corrected chi connectivity index (χ0v) is 11.4. The highest BCUT2D eigenvalue weighted by Gasteiger charge is 2.13. The molecule has 19 heavy (non-hydrogen) atoms. The molecule has 0 aliphatic carbocycles. The Bertz CT molecular complexity index is 442. The monoisotopic (exact) mass is 268 g/mol. The van der Waals surface area contributed by atoms with E-state index in [-0.39, 0.29) is 24.4 Å². The van der Waals surface area contributed by atoms with Crippen LogP contribution in [-0.4, -0.2) is 23.1 Å². The number of amides is 2. The van der Waals surface area contributed by atoms with Crippen molar-refractivity contribution in [3.63, 3.8) is 0 Å². The minimum atomic E-state index is -1.12. The number of urea groups is 1. The highest BCUT2D eigenvalue weighted by Crippen LogP contribution is 2.08. The van der Waals surface area contributed by atoms with Crippen LogP contribution in [0, 0.1) is 5.92 Å². The molecule has 0 aliphatic heterocycles. The number of hydrogen-bond acceptors (Lipinski definition) is 3. The van der Waals surface area contributed by atoms with Crippen molar-refractivity contribution < 1.29 is 19.1 Å². The standard InChI is InChI=1S/C13H20N2O4/c1-4-8(2)9(3)15-13(18)14-7-10-5-6-11(19-10)12(16)17/h5-6,8-9H,4,7H2,1-3H3,(H,16,17)(H2,14,15,18). The van der Waals surface area contributed by atoms with Crippen molar-refractivity contribution in [2.45, 2.75) is 39.8 Å². The van der Waals surface area contributed by atoms with Gasteiger partial charge in [0.05, 0.1) is 6.54 Å². The topological polar surface area (TPSA) is 91.6 Å². The molecule has 1 rings (SSSR count). The molecule has 0 spiro atoms. The van der Waals surface area contributed by atoms with Crippen LogP contribution >= 0.6 is 0 Å². The summed E-state index contributed by atoms with van der Waals surface area (Å²) in [6.45, 7) is 6.24. The third-order valence-electron chi connectivity index (χ3n) is 3.15. The molecular formula is C13H20N2O4. The Morgan fingerprint density at radius 2 is 2.05 bits per heavy atom. The molecule has 106 valence electrons. The third kappa shape index (κ3) is 4.65. The summed E-state index contributed by atoms with van der Waals surface area (Å²) in [7, 11) is 0. The second-order valence-electron chi connectivity index (χ2n) is 4.57. The summed E-state index contributed by atoms with van der Waals surface area (Å²) in [5.41, 5.74) is 0. The fourth-order valence-electron chi connectivity index (χ4n) is 1.51. The number of furan rings is 1. The Morgan fingerprint density at radius 1 is 1.37 bits per heavy atom. The van der Waals surface area contributed by atoms with E-state index in [1.807, 2.05) is 6.92 Å². The van der Waals surface area contributed by atoms with Gasteiger partial charge in [-0.3, -0.25) is 0 Å². The molecule has 0 fully saturated rings. The Morgan fingerprint density at radius 3 is 2.58 bits per heavy atom. The Kier molecular flexibility index (Phi) is 5.41. The van der Waals surface area contributed by atoms with Crippen molar-refractivity contribution in [2.75, 3.05) is 0 Å². The molecule has 0 aliphatic rings. The summed E-state index contributed by atoms with van der Waals surface area (Å²) in [5.74, 6) is -0.456. The molecule has 0 saturated carbocycles. The van der Waals surface area contributed by atoms with E-state index in [0.717, 1.165) is 6.42 Å². The molecule has 0 saturated heterocycles. The number of carboxylic acid groups (broad SMARTS) is 1. The van der Waals surface area contributed by atoms with Gasteiger partial charge in [-0.15, -0.1) is 0 Å². The van der Waals surface area contributed by atoms with E-state index in [1.165, 1.54) is 12.1 Å². The van der Waals surface area contributed by atoms with E-state index in [9.17, 15) is 9.59 Å². The molecule has 3 N–H and O–H groups in total. The van der Waals surface area contributed by atoms with Crippen molar-refractivity contribution in [3.05, 3.63) is 23.7 Å². The van der Waals surface area contributed by atoms with Crippen molar-refractivity contribution >= 4 is 12.0 Å². The molecule has 1 aromatic rings. The summed E-state index contributed by atoms with van der Waals surface area (Å²) >= 11 is 0. The van der Waals surface area contributed by atoms with Crippen LogP contribution in [0.2, 0.25) is 0 Å². The lowest BCUT2D eigenvalue weighted by Crippen LogP contribution is -2.43. The second-order valence-corrected chi connectivity index (χ2v) is 4.57. The van der Waals surface area contributed by atoms with Crippen LogP contribution in [0.5, 0.6) is 0 Å². The average Bonchev–Trinajstić information content (AvgIpc) is 2.84. The maximum absolute atomic E-state index is 11.6. The molecule has 2 atom stereocenters. The van der Waals surface area contributed by atoms with E-state index in [4.69, 9.17) is 9.52 Å². The molecule has 2 amide bonds. The SMILES string of the molecule is CCC(C)C(C)NC(=O)NCc1ccc(C(=O)O)o1. The number of carbonyl (C=O) groups excluding carboxylic acids is 1. The first-order valence-electron chi connectivity index (χ1n) is 6.30. The van der Waals surface area contributed by atoms with Crippen molar-refractivity contribution in [1.29, 1.82) is 0 Å². The summed E-state index contributed by atoms with van der Waals surface area (Å²) in [6.07, 6.45) is 0.988. The summed E-state index contributed by atoms with van der Waals surface area (Å²) in [6, 6.07) is 2.68. The fraction of sp³-hybridized carbons (Fsp3) is 0.538. The van der Waals surface area contributed by atoms with E-state index < -0.39 is 5.97 Å². The van der Waals surface area contributed by atoms with E-state index >= 15 is 0 Å². The number of rotatable bonds is 6. The van der Waals surface area contributed by atoms with Gasteiger partial charge in [-0.05, 0) is 25.0 Å². The van der Waals surface area contributed by atoms with Gasteiger partial charge in [0, 0.05) is 6.04 Å². The molecule has 1 aromatic heterocycles. The Hall–Kier alpha value is -1.98. The summed E-state index contributed by atoms with van der Waals surface area (Å²) in [5, 5.41) is 14.1. The largest absolute Gasteiger partial charge is 0.475 e. The number of carbonyl (C=O) groups is 2. The molecular weight excluding hydrogens is 248 g/mol. The van der Waals surface area contributed by atoms with Crippen LogP contribution in [-0.2, 0) is 6.54 Å². The van der Waals surface area contributed by atoms with Gasteiger partial charge in [-0.25, -0.2) is 9.59 Å². The highest BCUT2D eigenvalue weighted by molar-refractivity contribution is 5.84. The van der Waals surface area contributed by atoms with Crippen LogP contribution in [0.15, 0.2) is 16.5 Å². The van der Waals surface area contributed by atoms with E-state index in [1.54, 1.807) is 0 Å². The predicted molar refractivity (Wildman–Crippen MR) is 70.0 cm³/mol. The first kappa shape index (κ1) is 15.1. The summed E-state index contributed by atoms with van der Waals surface area (Å²) < 4.78 is 5.03. The van der Waals surface area contributed by atoms with Gasteiger partial charge >= 0.3 is 12.0 Å². The lowest BCUT2D eigenvalue weighted by atomic mass is 10.0. The highest BCUT2D eigenvalue weighted by atomic mass is 16.4. The smallest absolute Gasteiger partial charge is 0.371 e. The van der Waals surface area contributed by atoms with E-state index in [2.05, 4.69) is 24.5 Å². The molecule has 6 nitrogen and oxygen atoms in total. The zero-order chi connectivity index (χ0) is 14.4. The van der Waals surface area contributed by atoms with Gasteiger partial charge in [0.25, 0.3) is 0 Å². The van der Waals surface area contributed by atoms with Gasteiger partial charge < -0.3 is 20.2 Å². The van der Waals surface area contributed by atoms with Crippen molar-refractivity contribution in [3.8, 4) is 0 Å². The lowest BCUT2D eigenvalue weighted by molar-refractivity contribution is 0.0660. The normalized spacial score (nSPS) is 13.6. The lowest BCUT2D eigenvalue weighted by Gasteiger charge is -2.19. The first-order valence-corrected chi connectivity index (χ1v) is 6.30. The first-order chi connectivity index (χ1) is 8.93. The minimum absolute atomic E-state index is 0.0798. The average molecular weight is 268 g/mol. The fourth-order valence-corrected chi connectivity index (χ4v) is 1.51. The van der Waals surface area contributed by atoms with Crippen LogP contribution in [0.1, 0.15) is 43.5 Å². The number of carboxylic acids is 1. The van der Waals surface area contributed by atoms with Crippen LogP contribution in [0.4, 0.5) is 4.79 Å². The number of hydrogen-bond donors (Lipinski definition) is 3. The number of nitrogens with one attached hydrogen (secondary N) is 2. The second kappa shape index (κ2) is 6.82. The zero-order valence-electron chi connectivity index (χ0n) is 11.4. The van der Waals surface area contributed by atoms with Crippen molar-refractivity contribution in [2.24, 2.45) is 5.92 Å². The van der Waals surface area contributed by atoms with Crippen LogP contribution < -0.4 is 10.6 Å². The Labute approximate surface area is 112 Å². The van der Waals surface area contributed by atoms with E-state index in [0.29, 0.717) is 11.7 Å². The van der Waals surface area contributed by atoms with Gasteiger partial charge in [-0.2, -0.15) is 0 Å².